The zero-order chi connectivity index (χ0) is 14.4. The summed E-state index contributed by atoms with van der Waals surface area (Å²) in [5.41, 5.74) is 6.15. The summed E-state index contributed by atoms with van der Waals surface area (Å²) in [7, 11) is 0. The van der Waals surface area contributed by atoms with Crippen molar-refractivity contribution in [1.29, 1.82) is 0 Å². The van der Waals surface area contributed by atoms with Crippen LogP contribution in [-0.4, -0.2) is 19.1 Å². The number of nitrogens with one attached hydrogen (secondary N) is 1. The zero-order valence-corrected chi connectivity index (χ0v) is 10.8. The van der Waals surface area contributed by atoms with Gasteiger partial charge in [-0.15, -0.1) is 0 Å². The third-order valence-electron chi connectivity index (χ3n) is 2.60. The summed E-state index contributed by atoms with van der Waals surface area (Å²) in [6.45, 7) is 0.735. The molecule has 3 N–H and O–H groups in total. The molecule has 0 spiro atoms. The van der Waals surface area contributed by atoms with Crippen molar-refractivity contribution in [3.05, 3.63) is 59.9 Å². The Balaban J connectivity index is 2.15. The van der Waals surface area contributed by atoms with Crippen LogP contribution in [0.25, 0.3) is 0 Å². The van der Waals surface area contributed by atoms with Crippen LogP contribution in [0.15, 0.2) is 48.5 Å². The number of ether oxygens (including phenoxy) is 1. The van der Waals surface area contributed by atoms with Crippen molar-refractivity contribution in [2.75, 3.05) is 18.5 Å². The van der Waals surface area contributed by atoms with E-state index in [4.69, 9.17) is 10.5 Å². The number of anilines is 1. The molecule has 0 aliphatic rings. The molecule has 0 aromatic heterocycles. The molecule has 20 heavy (non-hydrogen) atoms. The molecule has 0 radical (unpaired) electrons. The van der Waals surface area contributed by atoms with Gasteiger partial charge in [-0.25, -0.2) is 4.39 Å². The Bertz CT molecular complexity index is 602. The molecule has 0 saturated heterocycles. The summed E-state index contributed by atoms with van der Waals surface area (Å²) < 4.78 is 18.5. The molecular formula is C15H15FN2O2. The Hall–Kier alpha value is -2.40. The van der Waals surface area contributed by atoms with E-state index in [-0.39, 0.29) is 5.56 Å². The Kier molecular flexibility index (Phi) is 4.68. The number of para-hydroxylation sites is 2. The van der Waals surface area contributed by atoms with Gasteiger partial charge in [0.25, 0.3) is 5.91 Å². The van der Waals surface area contributed by atoms with Crippen LogP contribution in [0.5, 0.6) is 5.75 Å². The molecule has 0 aliphatic carbocycles. The van der Waals surface area contributed by atoms with Gasteiger partial charge in [-0.1, -0.05) is 18.2 Å². The number of carbonyl (C=O) groups excluding carboxylic acids is 1. The van der Waals surface area contributed by atoms with Gasteiger partial charge in [0.2, 0.25) is 0 Å². The summed E-state index contributed by atoms with van der Waals surface area (Å²) in [6, 6.07) is 12.5. The van der Waals surface area contributed by atoms with Crippen molar-refractivity contribution in [3.63, 3.8) is 0 Å². The predicted molar refractivity (Wildman–Crippen MR) is 75.3 cm³/mol. The van der Waals surface area contributed by atoms with Gasteiger partial charge < -0.3 is 15.8 Å². The molecule has 2 aromatic carbocycles. The fraction of sp³-hybridized carbons (Fsp3) is 0.133. The number of rotatable bonds is 5. The molecule has 0 heterocycles. The molecule has 0 unspecified atom stereocenters. The van der Waals surface area contributed by atoms with Crippen LogP contribution >= 0.6 is 0 Å². The molecule has 2 aromatic rings. The number of hydrogen-bond acceptors (Lipinski definition) is 3. The monoisotopic (exact) mass is 274 g/mol. The second-order valence-corrected chi connectivity index (χ2v) is 4.10. The van der Waals surface area contributed by atoms with E-state index in [0.717, 1.165) is 0 Å². The fourth-order valence-electron chi connectivity index (χ4n) is 1.69. The second-order valence-electron chi connectivity index (χ2n) is 4.10. The number of nitrogens with two attached hydrogens (primary N) is 1. The van der Waals surface area contributed by atoms with Gasteiger partial charge in [-0.05, 0) is 30.3 Å². The van der Waals surface area contributed by atoms with Crippen LogP contribution in [0.4, 0.5) is 10.1 Å². The van der Waals surface area contributed by atoms with Crippen LogP contribution in [0.2, 0.25) is 0 Å². The van der Waals surface area contributed by atoms with Crippen molar-refractivity contribution in [1.82, 2.24) is 0 Å². The molecule has 1 amide bonds. The summed E-state index contributed by atoms with van der Waals surface area (Å²) >= 11 is 0. The number of halogens is 1. The van der Waals surface area contributed by atoms with Crippen LogP contribution in [0, 0.1) is 5.82 Å². The van der Waals surface area contributed by atoms with Crippen molar-refractivity contribution in [2.45, 2.75) is 0 Å². The third-order valence-corrected chi connectivity index (χ3v) is 2.60. The highest BCUT2D eigenvalue weighted by Gasteiger charge is 2.10. The van der Waals surface area contributed by atoms with E-state index < -0.39 is 11.7 Å². The van der Waals surface area contributed by atoms with Gasteiger partial charge >= 0.3 is 0 Å². The van der Waals surface area contributed by atoms with Crippen molar-refractivity contribution >= 4 is 11.6 Å². The molecular weight excluding hydrogens is 259 g/mol. The molecule has 0 bridgehead atoms. The van der Waals surface area contributed by atoms with Crippen LogP contribution in [0.1, 0.15) is 10.4 Å². The molecule has 2 rings (SSSR count). The van der Waals surface area contributed by atoms with Crippen molar-refractivity contribution in [2.24, 2.45) is 5.73 Å². The van der Waals surface area contributed by atoms with Gasteiger partial charge in [0.05, 0.1) is 5.69 Å². The minimum absolute atomic E-state index is 0.249. The third kappa shape index (κ3) is 3.55. The van der Waals surface area contributed by atoms with E-state index in [1.54, 1.807) is 30.3 Å². The summed E-state index contributed by atoms with van der Waals surface area (Å²) in [6.07, 6.45) is 0. The maximum Gasteiger partial charge on any atom is 0.255 e. The number of hydrogen-bond donors (Lipinski definition) is 2. The minimum Gasteiger partial charge on any atom is -0.490 e. The van der Waals surface area contributed by atoms with Gasteiger partial charge in [0.15, 0.2) is 0 Å². The summed E-state index contributed by atoms with van der Waals surface area (Å²) in [5.74, 6) is -0.318. The molecule has 4 nitrogen and oxygen atoms in total. The van der Waals surface area contributed by atoms with Gasteiger partial charge in [0, 0.05) is 12.1 Å². The van der Waals surface area contributed by atoms with E-state index in [1.165, 1.54) is 18.2 Å². The number of benzene rings is 2. The Morgan fingerprint density at radius 2 is 2.00 bits per heavy atom. The lowest BCUT2D eigenvalue weighted by Gasteiger charge is -2.11. The van der Waals surface area contributed by atoms with Crippen molar-refractivity contribution < 1.29 is 13.9 Å². The maximum atomic E-state index is 13.1. The van der Waals surface area contributed by atoms with Crippen LogP contribution in [-0.2, 0) is 0 Å². The van der Waals surface area contributed by atoms with E-state index in [9.17, 15) is 9.18 Å². The average Bonchev–Trinajstić information content (AvgIpc) is 2.46. The Morgan fingerprint density at radius 3 is 2.75 bits per heavy atom. The van der Waals surface area contributed by atoms with E-state index in [2.05, 4.69) is 5.32 Å². The quantitative estimate of drug-likeness (QED) is 0.880. The first kappa shape index (κ1) is 14.0. The summed E-state index contributed by atoms with van der Waals surface area (Å²) in [5, 5.41) is 2.69. The molecule has 104 valence electrons. The largest absolute Gasteiger partial charge is 0.490 e. The highest BCUT2D eigenvalue weighted by Crippen LogP contribution is 2.24. The average molecular weight is 274 g/mol. The number of amides is 1. The van der Waals surface area contributed by atoms with E-state index >= 15 is 0 Å². The lowest BCUT2D eigenvalue weighted by atomic mass is 10.2. The summed E-state index contributed by atoms with van der Waals surface area (Å²) in [4.78, 5) is 12.0. The van der Waals surface area contributed by atoms with Crippen molar-refractivity contribution in [3.8, 4) is 5.75 Å². The standard InChI is InChI=1S/C15H15FN2O2/c16-12-5-3-4-11(10-12)15(19)18-13-6-1-2-7-14(13)20-9-8-17/h1-7,10H,8-9,17H2,(H,18,19). The van der Waals surface area contributed by atoms with E-state index in [0.29, 0.717) is 24.6 Å². The first-order valence-corrected chi connectivity index (χ1v) is 6.19. The van der Waals surface area contributed by atoms with Crippen LogP contribution < -0.4 is 15.8 Å². The second kappa shape index (κ2) is 6.68. The highest BCUT2D eigenvalue weighted by molar-refractivity contribution is 6.05. The smallest absolute Gasteiger partial charge is 0.255 e. The maximum absolute atomic E-state index is 13.1. The molecule has 0 fully saturated rings. The molecule has 0 aliphatic heterocycles. The van der Waals surface area contributed by atoms with Crippen LogP contribution in [0.3, 0.4) is 0 Å². The predicted octanol–water partition coefficient (Wildman–Crippen LogP) is 2.42. The van der Waals surface area contributed by atoms with Gasteiger partial charge in [-0.2, -0.15) is 0 Å². The lowest BCUT2D eigenvalue weighted by Crippen LogP contribution is -2.15. The molecule has 0 atom stereocenters. The lowest BCUT2D eigenvalue weighted by molar-refractivity contribution is 0.102. The van der Waals surface area contributed by atoms with Gasteiger partial charge in [0.1, 0.15) is 18.2 Å². The first-order valence-electron chi connectivity index (χ1n) is 6.19. The highest BCUT2D eigenvalue weighted by atomic mass is 19.1. The Morgan fingerprint density at radius 1 is 1.20 bits per heavy atom. The molecule has 0 saturated carbocycles. The fourth-order valence-corrected chi connectivity index (χ4v) is 1.69. The SMILES string of the molecule is NCCOc1ccccc1NC(=O)c1cccc(F)c1. The topological polar surface area (TPSA) is 64.3 Å². The van der Waals surface area contributed by atoms with E-state index in [1.807, 2.05) is 0 Å². The zero-order valence-electron chi connectivity index (χ0n) is 10.8. The molecule has 5 heteroatoms. The first-order chi connectivity index (χ1) is 9.70. The minimum atomic E-state index is -0.453. The normalized spacial score (nSPS) is 10.1. The Labute approximate surface area is 116 Å². The number of carbonyl (C=O) groups is 1. The van der Waals surface area contributed by atoms with Gasteiger partial charge in [-0.3, -0.25) is 4.79 Å².